The van der Waals surface area contributed by atoms with E-state index in [1.54, 1.807) is 23.1 Å². The molecule has 2 aromatic rings. The number of rotatable bonds is 7. The van der Waals surface area contributed by atoms with Gasteiger partial charge in [0.1, 0.15) is 24.4 Å². The van der Waals surface area contributed by atoms with Crippen LogP contribution in [0.4, 0.5) is 8.78 Å². The van der Waals surface area contributed by atoms with E-state index in [-0.39, 0.29) is 18.2 Å². The molecular formula is C23H29F2N3O5. The van der Waals surface area contributed by atoms with Gasteiger partial charge in [-0.25, -0.2) is 0 Å². The first-order valence-corrected chi connectivity index (χ1v) is 10.8. The highest BCUT2D eigenvalue weighted by Gasteiger charge is 2.41. The molecule has 0 radical (unpaired) electrons. The quantitative estimate of drug-likeness (QED) is 0.337. The molecule has 1 unspecified atom stereocenters. The van der Waals surface area contributed by atoms with E-state index < -0.39 is 30.8 Å². The summed E-state index contributed by atoms with van der Waals surface area (Å²) < 4.78 is 34.3. The number of halogens is 2. The number of aliphatic hydroxyl groups is 4. The lowest BCUT2D eigenvalue weighted by molar-refractivity contribution is -0.129. The maximum absolute atomic E-state index is 14.6. The number of hydrogen-bond acceptors (Lipinski definition) is 8. The Morgan fingerprint density at radius 3 is 2.55 bits per heavy atom. The Balaban J connectivity index is 1.40. The monoisotopic (exact) mass is 465 g/mol. The zero-order chi connectivity index (χ0) is 23.8. The summed E-state index contributed by atoms with van der Waals surface area (Å²) >= 11 is 0. The van der Waals surface area contributed by atoms with Crippen LogP contribution >= 0.6 is 0 Å². The summed E-state index contributed by atoms with van der Waals surface area (Å²) in [6, 6.07) is 10.1. The van der Waals surface area contributed by atoms with Gasteiger partial charge in [0, 0.05) is 18.7 Å². The Bertz CT molecular complexity index is 962. The second kappa shape index (κ2) is 9.59. The number of methoxy groups -OCH3 is 1. The van der Waals surface area contributed by atoms with E-state index >= 15 is 0 Å². The molecule has 2 aliphatic rings. The summed E-state index contributed by atoms with van der Waals surface area (Å²) in [6.07, 6.45) is -3.80. The summed E-state index contributed by atoms with van der Waals surface area (Å²) in [5.41, 5.74) is 1.84. The van der Waals surface area contributed by atoms with Crippen molar-refractivity contribution in [3.8, 4) is 5.75 Å². The van der Waals surface area contributed by atoms with Crippen LogP contribution in [0.3, 0.4) is 0 Å². The zero-order valence-corrected chi connectivity index (χ0v) is 18.2. The van der Waals surface area contributed by atoms with Gasteiger partial charge >= 0.3 is 5.92 Å². The lowest BCUT2D eigenvalue weighted by atomic mass is 10.0. The van der Waals surface area contributed by atoms with Crippen molar-refractivity contribution in [2.45, 2.75) is 62.8 Å². The molecule has 2 aliphatic heterocycles. The smallest absolute Gasteiger partial charge is 0.311 e. The molecule has 2 aromatic carbocycles. The number of piperidine rings is 1. The molecule has 1 fully saturated rings. The van der Waals surface area contributed by atoms with Crippen molar-refractivity contribution in [3.05, 3.63) is 64.7 Å². The summed E-state index contributed by atoms with van der Waals surface area (Å²) in [6.45, 7) is 0.366. The van der Waals surface area contributed by atoms with Crippen LogP contribution in [0.25, 0.3) is 0 Å². The Morgan fingerprint density at radius 1 is 1.15 bits per heavy atom. The van der Waals surface area contributed by atoms with Crippen LogP contribution in [0.2, 0.25) is 0 Å². The Kier molecular flexibility index (Phi) is 6.96. The fraction of sp³-hybridized carbons (Fsp3) is 0.478. The van der Waals surface area contributed by atoms with E-state index in [1.807, 2.05) is 0 Å². The topological polar surface area (TPSA) is 117 Å². The Hall–Kier alpha value is -2.18. The van der Waals surface area contributed by atoms with Gasteiger partial charge in [-0.1, -0.05) is 18.2 Å². The third kappa shape index (κ3) is 4.87. The number of ether oxygens (including phenoxy) is 1. The van der Waals surface area contributed by atoms with Crippen LogP contribution in [0, 0.1) is 0 Å². The van der Waals surface area contributed by atoms with Gasteiger partial charge in [0.15, 0.2) is 6.23 Å². The van der Waals surface area contributed by atoms with Crippen LogP contribution in [0.5, 0.6) is 5.75 Å². The highest BCUT2D eigenvalue weighted by molar-refractivity contribution is 5.37. The molecule has 0 amide bonds. The summed E-state index contributed by atoms with van der Waals surface area (Å²) in [4.78, 5) is 1.75. The second-order valence-electron chi connectivity index (χ2n) is 8.49. The van der Waals surface area contributed by atoms with Crippen molar-refractivity contribution in [2.75, 3.05) is 7.11 Å². The highest BCUT2D eigenvalue weighted by atomic mass is 19.3. The van der Waals surface area contributed by atoms with Gasteiger partial charge < -0.3 is 25.2 Å². The van der Waals surface area contributed by atoms with Gasteiger partial charge in [0.25, 0.3) is 0 Å². The first kappa shape index (κ1) is 24.0. The molecule has 1 saturated heterocycles. The van der Waals surface area contributed by atoms with Crippen LogP contribution in [0.15, 0.2) is 42.5 Å². The molecule has 8 nitrogen and oxygen atoms in total. The first-order chi connectivity index (χ1) is 15.7. The molecule has 5 atom stereocenters. The molecular weight excluding hydrogens is 436 g/mol. The third-order valence-corrected chi connectivity index (χ3v) is 6.36. The lowest BCUT2D eigenvalue weighted by Crippen LogP contribution is -2.56. The minimum absolute atomic E-state index is 0.00388. The molecule has 0 saturated carbocycles. The average Bonchev–Trinajstić information content (AvgIpc) is 3.12. The number of aliphatic hydroxyl groups excluding tert-OH is 4. The maximum Gasteiger partial charge on any atom is 0.311 e. The van der Waals surface area contributed by atoms with Gasteiger partial charge in [-0.15, -0.1) is 0 Å². The van der Waals surface area contributed by atoms with Gasteiger partial charge in [0.2, 0.25) is 0 Å². The fourth-order valence-electron chi connectivity index (χ4n) is 4.46. The minimum Gasteiger partial charge on any atom is -0.497 e. The minimum atomic E-state index is -3.51. The molecule has 4 rings (SSSR count). The predicted octanol–water partition coefficient (Wildman–Crippen LogP) is 1.09. The van der Waals surface area contributed by atoms with E-state index in [9.17, 15) is 29.2 Å². The standard InChI is InChI=1S/C23H29F2N3O5/c1-33-16-5-3-15(4-6-16)23(24,25)22(32)26-11-13-2-7-17-14(10-13)12-28(21(17)31)18-8-9-19(29)27-20(18)30/h2-7,10,18-22,26-27,29-32H,8-9,11-12H2,1H3/t18?,19-,20+,21-,22+/m0/s1. The number of alkyl halides is 2. The predicted molar refractivity (Wildman–Crippen MR) is 115 cm³/mol. The lowest BCUT2D eigenvalue weighted by Gasteiger charge is -2.39. The average molecular weight is 465 g/mol. The molecule has 10 heteroatoms. The van der Waals surface area contributed by atoms with Gasteiger partial charge in [-0.2, -0.15) is 8.78 Å². The van der Waals surface area contributed by atoms with Crippen LogP contribution in [0.1, 0.15) is 41.3 Å². The SMILES string of the molecule is COc1ccc(C(F)(F)[C@@H](O)NCc2ccc3c(c2)CN(C2CC[C@H](O)N[C@@H]2O)[C@H]3O)cc1. The number of benzene rings is 2. The summed E-state index contributed by atoms with van der Waals surface area (Å²) in [7, 11) is 1.44. The van der Waals surface area contributed by atoms with E-state index in [0.29, 0.717) is 36.3 Å². The van der Waals surface area contributed by atoms with Crippen molar-refractivity contribution in [3.63, 3.8) is 0 Å². The number of nitrogens with zero attached hydrogens (tertiary/aromatic N) is 1. The molecule has 0 aromatic heterocycles. The normalized spacial score (nSPS) is 26.8. The molecule has 33 heavy (non-hydrogen) atoms. The first-order valence-electron chi connectivity index (χ1n) is 10.8. The van der Waals surface area contributed by atoms with E-state index in [2.05, 4.69) is 10.6 Å². The largest absolute Gasteiger partial charge is 0.497 e. The van der Waals surface area contributed by atoms with E-state index in [1.165, 1.54) is 31.4 Å². The zero-order valence-electron chi connectivity index (χ0n) is 18.2. The molecule has 0 aliphatic carbocycles. The Morgan fingerprint density at radius 2 is 1.88 bits per heavy atom. The van der Waals surface area contributed by atoms with Crippen molar-refractivity contribution in [2.24, 2.45) is 0 Å². The maximum atomic E-state index is 14.6. The number of fused-ring (bicyclic) bond motifs is 1. The van der Waals surface area contributed by atoms with Crippen LogP contribution < -0.4 is 15.4 Å². The van der Waals surface area contributed by atoms with Crippen molar-refractivity contribution >= 4 is 0 Å². The van der Waals surface area contributed by atoms with Gasteiger partial charge in [0.05, 0.1) is 13.2 Å². The van der Waals surface area contributed by atoms with Crippen molar-refractivity contribution < 1.29 is 33.9 Å². The molecule has 6 N–H and O–H groups in total. The molecule has 0 bridgehead atoms. The van der Waals surface area contributed by atoms with Gasteiger partial charge in [-0.05, 0) is 53.8 Å². The molecule has 180 valence electrons. The fourth-order valence-corrected chi connectivity index (χ4v) is 4.46. The highest BCUT2D eigenvalue weighted by Crippen LogP contribution is 2.37. The van der Waals surface area contributed by atoms with Crippen LogP contribution in [-0.4, -0.2) is 57.2 Å². The summed E-state index contributed by atoms with van der Waals surface area (Å²) in [5.74, 6) is -3.07. The van der Waals surface area contributed by atoms with E-state index in [0.717, 1.165) is 5.56 Å². The third-order valence-electron chi connectivity index (χ3n) is 6.36. The number of nitrogens with one attached hydrogen (secondary N) is 2. The molecule has 2 heterocycles. The summed E-state index contributed by atoms with van der Waals surface area (Å²) in [5, 5.41) is 45.9. The second-order valence-corrected chi connectivity index (χ2v) is 8.49. The van der Waals surface area contributed by atoms with Crippen molar-refractivity contribution in [1.29, 1.82) is 0 Å². The van der Waals surface area contributed by atoms with Gasteiger partial charge in [-0.3, -0.25) is 15.5 Å². The van der Waals surface area contributed by atoms with E-state index in [4.69, 9.17) is 4.74 Å². The Labute approximate surface area is 190 Å². The number of hydrogen-bond donors (Lipinski definition) is 6. The van der Waals surface area contributed by atoms with Crippen molar-refractivity contribution in [1.82, 2.24) is 15.5 Å². The van der Waals surface area contributed by atoms with Crippen LogP contribution in [-0.2, 0) is 19.0 Å². The molecule has 0 spiro atoms.